The van der Waals surface area contributed by atoms with Gasteiger partial charge in [0.05, 0.1) is 9.83 Å². The van der Waals surface area contributed by atoms with Gasteiger partial charge in [-0.1, -0.05) is 59.8 Å². The SMILES string of the molecule is O=C(CCCN1C(=O)/C(=C/c2ccccc2Cl)SC1=S)NNC(=O)c1cccc([N+](=O)[O-])c1. The van der Waals surface area contributed by atoms with E-state index in [9.17, 15) is 24.5 Å². The maximum absolute atomic E-state index is 12.7. The van der Waals surface area contributed by atoms with Crippen molar-refractivity contribution >= 4 is 69.4 Å². The van der Waals surface area contributed by atoms with Gasteiger partial charge in [-0.2, -0.15) is 0 Å². The number of amides is 3. The van der Waals surface area contributed by atoms with E-state index in [0.717, 1.165) is 17.8 Å². The zero-order chi connectivity index (χ0) is 24.0. The van der Waals surface area contributed by atoms with Gasteiger partial charge in [0.25, 0.3) is 17.5 Å². The fourth-order valence-corrected chi connectivity index (χ4v) is 4.34. The minimum absolute atomic E-state index is 0.0236. The second kappa shape index (κ2) is 11.0. The first-order valence-corrected chi connectivity index (χ1v) is 11.2. The monoisotopic (exact) mass is 504 g/mol. The molecule has 2 N–H and O–H groups in total. The number of hydrazine groups is 1. The third-order valence-corrected chi connectivity index (χ3v) is 6.21. The summed E-state index contributed by atoms with van der Waals surface area (Å²) in [6.45, 7) is 0.233. The third kappa shape index (κ3) is 6.37. The van der Waals surface area contributed by atoms with Crippen LogP contribution in [0.4, 0.5) is 5.69 Å². The molecule has 0 atom stereocenters. The molecule has 0 radical (unpaired) electrons. The van der Waals surface area contributed by atoms with Gasteiger partial charge in [0, 0.05) is 35.7 Å². The van der Waals surface area contributed by atoms with Gasteiger partial charge in [-0.05, 0) is 30.2 Å². The molecule has 170 valence electrons. The molecule has 9 nitrogen and oxygen atoms in total. The molecule has 0 saturated carbocycles. The summed E-state index contributed by atoms with van der Waals surface area (Å²) in [5, 5.41) is 11.3. The van der Waals surface area contributed by atoms with Crippen molar-refractivity contribution in [1.29, 1.82) is 0 Å². The fourth-order valence-electron chi connectivity index (χ4n) is 2.85. The molecule has 1 aliphatic heterocycles. The second-order valence-electron chi connectivity index (χ2n) is 6.77. The van der Waals surface area contributed by atoms with E-state index in [-0.39, 0.29) is 30.1 Å². The molecular weight excluding hydrogens is 488 g/mol. The van der Waals surface area contributed by atoms with Gasteiger partial charge in [-0.3, -0.25) is 40.2 Å². The number of thiocarbonyl (C=S) groups is 1. The summed E-state index contributed by atoms with van der Waals surface area (Å²) in [7, 11) is 0. The highest BCUT2D eigenvalue weighted by molar-refractivity contribution is 8.26. The first-order chi connectivity index (χ1) is 15.8. The van der Waals surface area contributed by atoms with Crippen LogP contribution in [0.2, 0.25) is 5.02 Å². The molecular formula is C21H17ClN4O5S2. The van der Waals surface area contributed by atoms with Crippen LogP contribution in [0.3, 0.4) is 0 Å². The molecule has 0 aliphatic carbocycles. The minimum Gasteiger partial charge on any atom is -0.293 e. The van der Waals surface area contributed by atoms with Crippen LogP contribution in [0, 0.1) is 10.1 Å². The number of non-ortho nitro benzene ring substituents is 1. The molecule has 1 saturated heterocycles. The van der Waals surface area contributed by atoms with Crippen molar-refractivity contribution in [2.75, 3.05) is 6.54 Å². The number of nitrogens with zero attached hydrogens (tertiary/aromatic N) is 2. The lowest BCUT2D eigenvalue weighted by atomic mass is 10.2. The molecule has 12 heteroatoms. The molecule has 1 fully saturated rings. The lowest BCUT2D eigenvalue weighted by Gasteiger charge is -2.14. The number of nitro benzene ring substituents is 1. The van der Waals surface area contributed by atoms with Crippen LogP contribution in [0.1, 0.15) is 28.8 Å². The molecule has 0 unspecified atom stereocenters. The number of benzene rings is 2. The largest absolute Gasteiger partial charge is 0.293 e. The van der Waals surface area contributed by atoms with E-state index in [1.54, 1.807) is 24.3 Å². The molecule has 2 aromatic rings. The number of nitro groups is 1. The number of rotatable bonds is 7. The van der Waals surface area contributed by atoms with Gasteiger partial charge in [0.15, 0.2) is 0 Å². The van der Waals surface area contributed by atoms with E-state index in [4.69, 9.17) is 23.8 Å². The number of carbonyl (C=O) groups excluding carboxylic acids is 3. The Morgan fingerprint density at radius 2 is 1.94 bits per heavy atom. The number of hydrogen-bond acceptors (Lipinski definition) is 7. The number of hydrogen-bond donors (Lipinski definition) is 2. The lowest BCUT2D eigenvalue weighted by Crippen LogP contribution is -2.41. The summed E-state index contributed by atoms with van der Waals surface area (Å²) in [5.41, 5.74) is 4.96. The van der Waals surface area contributed by atoms with Crippen LogP contribution >= 0.6 is 35.6 Å². The van der Waals surface area contributed by atoms with E-state index >= 15 is 0 Å². The van der Waals surface area contributed by atoms with E-state index in [2.05, 4.69) is 10.9 Å². The standard InChI is InChI=1S/C21H17ClN4O5S2/c22-16-8-2-1-5-13(16)12-17-20(29)25(21(32)33-17)10-4-9-18(27)23-24-19(28)14-6-3-7-15(11-14)26(30)31/h1-3,5-8,11-12H,4,9-10H2,(H,23,27)(H,24,28)/b17-12-. The highest BCUT2D eigenvalue weighted by atomic mass is 35.5. The minimum atomic E-state index is -0.686. The Balaban J connectivity index is 1.47. The summed E-state index contributed by atoms with van der Waals surface area (Å²) in [6, 6.07) is 12.2. The van der Waals surface area contributed by atoms with E-state index in [1.165, 1.54) is 23.1 Å². The van der Waals surface area contributed by atoms with Gasteiger partial charge >= 0.3 is 0 Å². The Morgan fingerprint density at radius 1 is 1.18 bits per heavy atom. The summed E-state index contributed by atoms with van der Waals surface area (Å²) >= 11 is 12.6. The van der Waals surface area contributed by atoms with Crippen molar-refractivity contribution < 1.29 is 19.3 Å². The fraction of sp³-hybridized carbons (Fsp3) is 0.143. The van der Waals surface area contributed by atoms with Crippen molar-refractivity contribution in [1.82, 2.24) is 15.8 Å². The number of halogens is 1. The summed E-state index contributed by atoms with van der Waals surface area (Å²) in [4.78, 5) is 48.8. The average molecular weight is 505 g/mol. The van der Waals surface area contributed by atoms with Crippen LogP contribution < -0.4 is 10.9 Å². The zero-order valence-corrected chi connectivity index (χ0v) is 19.3. The summed E-state index contributed by atoms with van der Waals surface area (Å²) in [6.07, 6.45) is 2.01. The lowest BCUT2D eigenvalue weighted by molar-refractivity contribution is -0.384. The van der Waals surface area contributed by atoms with E-state index in [0.29, 0.717) is 26.2 Å². The number of thioether (sulfide) groups is 1. The number of carbonyl (C=O) groups is 3. The van der Waals surface area contributed by atoms with Crippen molar-refractivity contribution in [2.45, 2.75) is 12.8 Å². The van der Waals surface area contributed by atoms with Crippen LogP contribution in [-0.2, 0) is 9.59 Å². The first-order valence-electron chi connectivity index (χ1n) is 9.60. The average Bonchev–Trinajstić information content (AvgIpc) is 3.06. The van der Waals surface area contributed by atoms with Crippen molar-refractivity contribution in [3.8, 4) is 0 Å². The quantitative estimate of drug-likeness (QED) is 0.255. The Labute approximate surface area is 203 Å². The van der Waals surface area contributed by atoms with Crippen molar-refractivity contribution in [3.05, 3.63) is 79.7 Å². The van der Waals surface area contributed by atoms with Gasteiger partial charge < -0.3 is 0 Å². The molecule has 0 aromatic heterocycles. The van der Waals surface area contributed by atoms with Gasteiger partial charge in [-0.15, -0.1) is 0 Å². The van der Waals surface area contributed by atoms with E-state index in [1.807, 2.05) is 6.07 Å². The van der Waals surface area contributed by atoms with Crippen molar-refractivity contribution in [3.63, 3.8) is 0 Å². The Morgan fingerprint density at radius 3 is 2.67 bits per heavy atom. The molecule has 3 rings (SSSR count). The predicted molar refractivity (Wildman–Crippen MR) is 129 cm³/mol. The predicted octanol–water partition coefficient (Wildman–Crippen LogP) is 3.69. The zero-order valence-electron chi connectivity index (χ0n) is 16.9. The molecule has 33 heavy (non-hydrogen) atoms. The Kier molecular flexibility index (Phi) is 8.15. The normalized spacial score (nSPS) is 14.5. The first kappa shape index (κ1) is 24.4. The molecule has 0 spiro atoms. The Bertz CT molecular complexity index is 1170. The highest BCUT2D eigenvalue weighted by Crippen LogP contribution is 2.33. The van der Waals surface area contributed by atoms with Crippen LogP contribution in [-0.4, -0.2) is 38.4 Å². The maximum atomic E-state index is 12.7. The summed E-state index contributed by atoms with van der Waals surface area (Å²) < 4.78 is 0.387. The molecule has 1 heterocycles. The Hall–Kier alpha value is -3.28. The van der Waals surface area contributed by atoms with E-state index < -0.39 is 16.7 Å². The van der Waals surface area contributed by atoms with Crippen LogP contribution in [0.5, 0.6) is 0 Å². The number of nitrogens with one attached hydrogen (secondary N) is 2. The maximum Gasteiger partial charge on any atom is 0.270 e. The molecule has 1 aliphatic rings. The molecule has 2 aromatic carbocycles. The molecule has 3 amide bonds. The smallest absolute Gasteiger partial charge is 0.270 e. The summed E-state index contributed by atoms with van der Waals surface area (Å²) in [5.74, 6) is -1.43. The van der Waals surface area contributed by atoms with Crippen LogP contribution in [0.25, 0.3) is 6.08 Å². The second-order valence-corrected chi connectivity index (χ2v) is 8.85. The molecule has 0 bridgehead atoms. The van der Waals surface area contributed by atoms with Gasteiger partial charge in [0.1, 0.15) is 4.32 Å². The third-order valence-electron chi connectivity index (χ3n) is 4.49. The highest BCUT2D eigenvalue weighted by Gasteiger charge is 2.31. The van der Waals surface area contributed by atoms with Crippen molar-refractivity contribution in [2.24, 2.45) is 0 Å². The van der Waals surface area contributed by atoms with Gasteiger partial charge in [0.2, 0.25) is 5.91 Å². The van der Waals surface area contributed by atoms with Gasteiger partial charge in [-0.25, -0.2) is 0 Å². The topological polar surface area (TPSA) is 122 Å². The van der Waals surface area contributed by atoms with Crippen LogP contribution in [0.15, 0.2) is 53.4 Å².